The summed E-state index contributed by atoms with van der Waals surface area (Å²) in [6.45, 7) is 6.25. The van der Waals surface area contributed by atoms with Crippen molar-refractivity contribution < 1.29 is 19.4 Å². The van der Waals surface area contributed by atoms with E-state index >= 15 is 0 Å². The number of anilines is 1. The van der Waals surface area contributed by atoms with Gasteiger partial charge in [-0.1, -0.05) is 30.7 Å². The Labute approximate surface area is 203 Å². The number of hydrogen-bond acceptors (Lipinski definition) is 5. The summed E-state index contributed by atoms with van der Waals surface area (Å²) in [7, 11) is 0. The molecule has 1 saturated heterocycles. The van der Waals surface area contributed by atoms with Crippen LogP contribution in [0.3, 0.4) is 0 Å². The highest BCUT2D eigenvalue weighted by atomic mass is 35.5. The second kappa shape index (κ2) is 9.69. The van der Waals surface area contributed by atoms with Crippen LogP contribution in [0.5, 0.6) is 5.75 Å². The van der Waals surface area contributed by atoms with Gasteiger partial charge < -0.3 is 9.84 Å². The Kier molecular flexibility index (Phi) is 6.70. The number of aliphatic hydroxyl groups is 1. The van der Waals surface area contributed by atoms with E-state index in [1.165, 1.54) is 4.90 Å². The van der Waals surface area contributed by atoms with Crippen LogP contribution in [0.25, 0.3) is 5.76 Å². The molecule has 1 N–H and O–H groups in total. The van der Waals surface area contributed by atoms with Gasteiger partial charge in [0.15, 0.2) is 0 Å². The van der Waals surface area contributed by atoms with Gasteiger partial charge in [0, 0.05) is 22.5 Å². The summed E-state index contributed by atoms with van der Waals surface area (Å²) >= 11 is 6.32. The minimum Gasteiger partial charge on any atom is -0.507 e. The van der Waals surface area contributed by atoms with Gasteiger partial charge in [-0.05, 0) is 73.9 Å². The van der Waals surface area contributed by atoms with Gasteiger partial charge in [-0.15, -0.1) is 0 Å². The summed E-state index contributed by atoms with van der Waals surface area (Å²) in [6.07, 6.45) is 2.46. The number of pyridine rings is 1. The maximum absolute atomic E-state index is 13.3. The second-order valence-corrected chi connectivity index (χ2v) is 8.54. The fourth-order valence-corrected chi connectivity index (χ4v) is 4.25. The summed E-state index contributed by atoms with van der Waals surface area (Å²) in [6, 6.07) is 14.7. The number of ether oxygens (including phenoxy) is 1. The molecule has 1 aromatic heterocycles. The summed E-state index contributed by atoms with van der Waals surface area (Å²) in [5.41, 5.74) is 2.81. The number of ketones is 1. The van der Waals surface area contributed by atoms with Crippen LogP contribution in [-0.2, 0) is 9.59 Å². The molecule has 1 aliphatic heterocycles. The van der Waals surface area contributed by atoms with Crippen LogP contribution in [0.4, 0.5) is 5.69 Å². The largest absolute Gasteiger partial charge is 0.507 e. The number of halogens is 1. The molecule has 1 fully saturated rings. The van der Waals surface area contributed by atoms with Crippen LogP contribution in [-0.4, -0.2) is 28.4 Å². The van der Waals surface area contributed by atoms with Gasteiger partial charge in [0.2, 0.25) is 0 Å². The zero-order valence-corrected chi connectivity index (χ0v) is 20.0. The van der Waals surface area contributed by atoms with Crippen molar-refractivity contribution in [3.05, 3.63) is 93.8 Å². The van der Waals surface area contributed by atoms with Crippen molar-refractivity contribution in [2.45, 2.75) is 33.2 Å². The number of carbonyl (C=O) groups is 2. The third kappa shape index (κ3) is 4.17. The van der Waals surface area contributed by atoms with Crippen LogP contribution in [0.15, 0.2) is 66.4 Å². The SMILES string of the molecule is CCCOc1ccc(/C(O)=C2\C(=O)C(=O)N(c3cccc(Cl)c3C)C2c2ccccn2)cc1C. The predicted molar refractivity (Wildman–Crippen MR) is 132 cm³/mol. The van der Waals surface area contributed by atoms with E-state index in [0.29, 0.717) is 39.9 Å². The number of hydrogen-bond donors (Lipinski definition) is 1. The first-order valence-electron chi connectivity index (χ1n) is 11.1. The smallest absolute Gasteiger partial charge is 0.300 e. The third-order valence-electron chi connectivity index (χ3n) is 5.82. The van der Waals surface area contributed by atoms with Crippen LogP contribution in [0.1, 0.15) is 41.8 Å². The summed E-state index contributed by atoms with van der Waals surface area (Å²) in [4.78, 5) is 32.3. The topological polar surface area (TPSA) is 79.7 Å². The lowest BCUT2D eigenvalue weighted by molar-refractivity contribution is -0.132. The fraction of sp³-hybridized carbons (Fsp3) is 0.222. The Hall–Kier alpha value is -3.64. The molecule has 1 aliphatic rings. The highest BCUT2D eigenvalue weighted by Crippen LogP contribution is 2.43. The molecular weight excluding hydrogens is 452 g/mol. The van der Waals surface area contributed by atoms with Crippen molar-refractivity contribution in [2.24, 2.45) is 0 Å². The Bertz CT molecular complexity index is 1290. The summed E-state index contributed by atoms with van der Waals surface area (Å²) < 4.78 is 5.72. The second-order valence-electron chi connectivity index (χ2n) is 8.14. The van der Waals surface area contributed by atoms with E-state index in [-0.39, 0.29) is 11.3 Å². The maximum atomic E-state index is 13.3. The van der Waals surface area contributed by atoms with E-state index in [9.17, 15) is 14.7 Å². The van der Waals surface area contributed by atoms with Crippen molar-refractivity contribution in [1.29, 1.82) is 0 Å². The van der Waals surface area contributed by atoms with E-state index in [0.717, 1.165) is 12.0 Å². The van der Waals surface area contributed by atoms with Gasteiger partial charge in [-0.3, -0.25) is 19.5 Å². The Morgan fingerprint density at radius 3 is 2.59 bits per heavy atom. The molecular formula is C27H25ClN2O4. The van der Waals surface area contributed by atoms with E-state index in [2.05, 4.69) is 4.98 Å². The van der Waals surface area contributed by atoms with Crippen molar-refractivity contribution in [2.75, 3.05) is 11.5 Å². The third-order valence-corrected chi connectivity index (χ3v) is 6.23. The van der Waals surface area contributed by atoms with Gasteiger partial charge in [-0.2, -0.15) is 0 Å². The molecule has 0 bridgehead atoms. The quantitative estimate of drug-likeness (QED) is 0.277. The zero-order valence-electron chi connectivity index (χ0n) is 19.2. The van der Waals surface area contributed by atoms with Gasteiger partial charge in [-0.25, -0.2) is 0 Å². The molecule has 0 radical (unpaired) electrons. The van der Waals surface area contributed by atoms with Gasteiger partial charge >= 0.3 is 0 Å². The first-order chi connectivity index (χ1) is 16.3. The van der Waals surface area contributed by atoms with Gasteiger partial charge in [0.1, 0.15) is 17.6 Å². The molecule has 2 heterocycles. The van der Waals surface area contributed by atoms with Crippen molar-refractivity contribution in [3.63, 3.8) is 0 Å². The minimum absolute atomic E-state index is 0.0234. The van der Waals surface area contributed by atoms with E-state index in [1.54, 1.807) is 67.7 Å². The molecule has 2 aromatic carbocycles. The Morgan fingerprint density at radius 1 is 1.12 bits per heavy atom. The number of aromatic nitrogens is 1. The lowest BCUT2D eigenvalue weighted by atomic mass is 9.97. The summed E-state index contributed by atoms with van der Waals surface area (Å²) in [5, 5.41) is 11.8. The zero-order chi connectivity index (χ0) is 24.4. The Morgan fingerprint density at radius 2 is 1.91 bits per heavy atom. The average molecular weight is 477 g/mol. The number of carbonyl (C=O) groups excluding carboxylic acids is 2. The number of Topliss-reactive ketones (excluding diaryl/α,β-unsaturated/α-hetero) is 1. The monoisotopic (exact) mass is 476 g/mol. The maximum Gasteiger partial charge on any atom is 0.300 e. The molecule has 1 amide bonds. The van der Waals surface area contributed by atoms with Crippen LogP contribution >= 0.6 is 11.6 Å². The number of rotatable bonds is 6. The molecule has 1 atom stereocenters. The fourth-order valence-electron chi connectivity index (χ4n) is 4.08. The highest BCUT2D eigenvalue weighted by Gasteiger charge is 2.48. The van der Waals surface area contributed by atoms with E-state index < -0.39 is 17.7 Å². The Balaban J connectivity index is 1.89. The standard InChI is InChI=1S/C27H25ClN2O4/c1-4-14-34-22-12-11-18(15-16(22)2)25(31)23-24(20-9-5-6-13-29-20)30(27(33)26(23)32)21-10-7-8-19(28)17(21)3/h5-13,15,24,31H,4,14H2,1-3H3/b25-23+. The molecule has 0 aliphatic carbocycles. The van der Waals surface area contributed by atoms with Crippen LogP contribution in [0.2, 0.25) is 5.02 Å². The van der Waals surface area contributed by atoms with E-state index in [1.807, 2.05) is 13.8 Å². The number of benzene rings is 2. The van der Waals surface area contributed by atoms with Gasteiger partial charge in [0.05, 0.1) is 17.9 Å². The number of amides is 1. The van der Waals surface area contributed by atoms with Crippen molar-refractivity contribution in [1.82, 2.24) is 4.98 Å². The predicted octanol–water partition coefficient (Wildman–Crippen LogP) is 5.77. The van der Waals surface area contributed by atoms with Crippen molar-refractivity contribution in [3.8, 4) is 5.75 Å². The van der Waals surface area contributed by atoms with Crippen LogP contribution in [0, 0.1) is 13.8 Å². The molecule has 6 nitrogen and oxygen atoms in total. The van der Waals surface area contributed by atoms with Crippen molar-refractivity contribution >= 4 is 34.7 Å². The summed E-state index contributed by atoms with van der Waals surface area (Å²) in [5.74, 6) is -1.09. The molecule has 0 spiro atoms. The highest BCUT2D eigenvalue weighted by molar-refractivity contribution is 6.52. The normalized spacial score (nSPS) is 17.3. The minimum atomic E-state index is -0.908. The molecule has 174 valence electrons. The molecule has 34 heavy (non-hydrogen) atoms. The molecule has 1 unspecified atom stereocenters. The van der Waals surface area contributed by atoms with Gasteiger partial charge in [0.25, 0.3) is 11.7 Å². The molecule has 0 saturated carbocycles. The molecule has 4 rings (SSSR count). The lowest BCUT2D eigenvalue weighted by Gasteiger charge is -2.26. The average Bonchev–Trinajstić information content (AvgIpc) is 3.10. The molecule has 3 aromatic rings. The number of aliphatic hydroxyl groups excluding tert-OH is 1. The first kappa shape index (κ1) is 23.5. The van der Waals surface area contributed by atoms with E-state index in [4.69, 9.17) is 16.3 Å². The first-order valence-corrected chi connectivity index (χ1v) is 11.4. The van der Waals surface area contributed by atoms with Crippen LogP contribution < -0.4 is 9.64 Å². The number of aryl methyl sites for hydroxylation is 1. The molecule has 7 heteroatoms. The lowest BCUT2D eigenvalue weighted by Crippen LogP contribution is -2.30. The number of nitrogens with zero attached hydrogens (tertiary/aromatic N) is 2.